The Kier molecular flexibility index (Phi) is 5.50. The summed E-state index contributed by atoms with van der Waals surface area (Å²) in [5.74, 6) is 2.24. The van der Waals surface area contributed by atoms with Crippen LogP contribution in [0, 0.1) is 0 Å². The molecule has 2 rings (SSSR count). The molecule has 0 unspecified atom stereocenters. The fraction of sp³-hybridized carbons (Fsp3) is 0.333. The van der Waals surface area contributed by atoms with Gasteiger partial charge in [0.1, 0.15) is 11.5 Å². The van der Waals surface area contributed by atoms with Crippen LogP contribution < -0.4 is 15.2 Å². The van der Waals surface area contributed by atoms with Crippen LogP contribution in [-0.2, 0) is 0 Å². The maximum absolute atomic E-state index is 5.75. The first-order valence-electron chi connectivity index (χ1n) is 7.36. The Hall–Kier alpha value is -2.16. The van der Waals surface area contributed by atoms with Crippen LogP contribution >= 0.6 is 0 Å². The molecule has 0 spiro atoms. The second-order valence-corrected chi connectivity index (χ2v) is 5.35. The van der Waals surface area contributed by atoms with Crippen molar-refractivity contribution in [3.63, 3.8) is 0 Å². The summed E-state index contributed by atoms with van der Waals surface area (Å²) >= 11 is 0. The van der Waals surface area contributed by atoms with Crippen molar-refractivity contribution >= 4 is 5.69 Å². The zero-order valence-corrected chi connectivity index (χ0v) is 12.7. The molecule has 0 radical (unpaired) electrons. The van der Waals surface area contributed by atoms with Gasteiger partial charge in [0.25, 0.3) is 0 Å². The third-order valence-corrected chi connectivity index (χ3v) is 3.21. The lowest BCUT2D eigenvalue weighted by Crippen LogP contribution is -2.05. The second kappa shape index (κ2) is 7.58. The van der Waals surface area contributed by atoms with Gasteiger partial charge in [-0.05, 0) is 35.7 Å². The average molecular weight is 285 g/mol. The molecule has 0 aliphatic rings. The number of rotatable bonds is 7. The Morgan fingerprint density at radius 3 is 2.14 bits per heavy atom. The minimum atomic E-state index is 0.514. The second-order valence-electron chi connectivity index (χ2n) is 5.35. The van der Waals surface area contributed by atoms with E-state index in [0.717, 1.165) is 17.9 Å². The highest BCUT2D eigenvalue weighted by Crippen LogP contribution is 2.20. The molecule has 0 fully saturated rings. The zero-order valence-electron chi connectivity index (χ0n) is 12.7. The van der Waals surface area contributed by atoms with Crippen LogP contribution in [0.3, 0.4) is 0 Å². The van der Waals surface area contributed by atoms with Gasteiger partial charge in [0, 0.05) is 18.2 Å². The first kappa shape index (κ1) is 15.2. The molecule has 0 saturated heterocycles. The number of ether oxygens (including phenoxy) is 2. The highest BCUT2D eigenvalue weighted by Gasteiger charge is 2.01. The van der Waals surface area contributed by atoms with E-state index in [4.69, 9.17) is 15.2 Å². The minimum Gasteiger partial charge on any atom is -0.493 e. The van der Waals surface area contributed by atoms with Crippen LogP contribution in [0.5, 0.6) is 11.5 Å². The van der Waals surface area contributed by atoms with Gasteiger partial charge < -0.3 is 15.2 Å². The van der Waals surface area contributed by atoms with Gasteiger partial charge in [-0.15, -0.1) is 0 Å². The van der Waals surface area contributed by atoms with E-state index in [9.17, 15) is 0 Å². The van der Waals surface area contributed by atoms with Gasteiger partial charge in [0.15, 0.2) is 0 Å². The Morgan fingerprint density at radius 1 is 0.905 bits per heavy atom. The number of benzene rings is 2. The van der Waals surface area contributed by atoms with Gasteiger partial charge in [0.2, 0.25) is 0 Å². The Labute approximate surface area is 126 Å². The van der Waals surface area contributed by atoms with Gasteiger partial charge in [-0.2, -0.15) is 0 Å². The normalized spacial score (nSPS) is 10.6. The smallest absolute Gasteiger partial charge is 0.121 e. The standard InChI is InChI=1S/C18H23NO2/c1-14(2)15-6-3-8-17(12-15)20-10-5-11-21-18-9-4-7-16(19)13-18/h3-4,6-9,12-14H,5,10-11,19H2,1-2H3. The van der Waals surface area contributed by atoms with Crippen LogP contribution in [0.15, 0.2) is 48.5 Å². The highest BCUT2D eigenvalue weighted by molar-refractivity contribution is 5.43. The van der Waals surface area contributed by atoms with E-state index in [1.165, 1.54) is 5.56 Å². The predicted molar refractivity (Wildman–Crippen MR) is 87.0 cm³/mol. The summed E-state index contributed by atoms with van der Waals surface area (Å²) < 4.78 is 11.4. The molecule has 112 valence electrons. The van der Waals surface area contributed by atoms with Crippen LogP contribution in [0.25, 0.3) is 0 Å². The molecule has 21 heavy (non-hydrogen) atoms. The van der Waals surface area contributed by atoms with Crippen LogP contribution in [-0.4, -0.2) is 13.2 Å². The molecule has 2 aromatic carbocycles. The third-order valence-electron chi connectivity index (χ3n) is 3.21. The summed E-state index contributed by atoms with van der Waals surface area (Å²) in [7, 11) is 0. The first-order valence-corrected chi connectivity index (χ1v) is 7.36. The maximum atomic E-state index is 5.75. The molecule has 0 atom stereocenters. The van der Waals surface area contributed by atoms with Crippen LogP contribution in [0.4, 0.5) is 5.69 Å². The summed E-state index contributed by atoms with van der Waals surface area (Å²) in [6.45, 7) is 5.62. The molecule has 2 aromatic rings. The number of anilines is 1. The van der Waals surface area contributed by atoms with Crippen molar-refractivity contribution in [3.8, 4) is 11.5 Å². The topological polar surface area (TPSA) is 44.5 Å². The first-order chi connectivity index (χ1) is 10.1. The maximum Gasteiger partial charge on any atom is 0.121 e. The van der Waals surface area contributed by atoms with Gasteiger partial charge >= 0.3 is 0 Å². The minimum absolute atomic E-state index is 0.514. The molecule has 0 aliphatic heterocycles. The van der Waals surface area contributed by atoms with Crippen LogP contribution in [0.2, 0.25) is 0 Å². The Morgan fingerprint density at radius 2 is 1.52 bits per heavy atom. The van der Waals surface area contributed by atoms with E-state index >= 15 is 0 Å². The van der Waals surface area contributed by atoms with E-state index < -0.39 is 0 Å². The lowest BCUT2D eigenvalue weighted by molar-refractivity contribution is 0.247. The number of nitrogens with two attached hydrogens (primary N) is 1. The summed E-state index contributed by atoms with van der Waals surface area (Å²) in [6, 6.07) is 15.7. The summed E-state index contributed by atoms with van der Waals surface area (Å²) in [4.78, 5) is 0. The van der Waals surface area contributed by atoms with Crippen molar-refractivity contribution in [3.05, 3.63) is 54.1 Å². The summed E-state index contributed by atoms with van der Waals surface area (Å²) in [6.07, 6.45) is 0.834. The van der Waals surface area contributed by atoms with E-state index in [-0.39, 0.29) is 0 Å². The van der Waals surface area contributed by atoms with Gasteiger partial charge in [-0.25, -0.2) is 0 Å². The van der Waals surface area contributed by atoms with E-state index in [2.05, 4.69) is 26.0 Å². The molecule has 2 N–H and O–H groups in total. The molecule has 3 heteroatoms. The number of hydrogen-bond donors (Lipinski definition) is 1. The Balaban J connectivity index is 1.71. The summed E-state index contributed by atoms with van der Waals surface area (Å²) in [5, 5.41) is 0. The molecule has 0 aromatic heterocycles. The van der Waals surface area contributed by atoms with Gasteiger partial charge in [0.05, 0.1) is 13.2 Å². The van der Waals surface area contributed by atoms with Crippen molar-refractivity contribution < 1.29 is 9.47 Å². The molecule has 0 aliphatic carbocycles. The van der Waals surface area contributed by atoms with Crippen molar-refractivity contribution in [2.24, 2.45) is 0 Å². The fourth-order valence-electron chi connectivity index (χ4n) is 2.01. The molecule has 0 bridgehead atoms. The largest absolute Gasteiger partial charge is 0.493 e. The van der Waals surface area contributed by atoms with Crippen molar-refractivity contribution in [2.45, 2.75) is 26.2 Å². The molecule has 0 heterocycles. The predicted octanol–water partition coefficient (Wildman–Crippen LogP) is 4.24. The van der Waals surface area contributed by atoms with Crippen LogP contribution in [0.1, 0.15) is 31.7 Å². The third kappa shape index (κ3) is 5.03. The van der Waals surface area contributed by atoms with E-state index in [1.807, 2.05) is 36.4 Å². The molecule has 0 amide bonds. The molecular weight excluding hydrogens is 262 g/mol. The zero-order chi connectivity index (χ0) is 15.1. The summed E-state index contributed by atoms with van der Waals surface area (Å²) in [5.41, 5.74) is 7.71. The quantitative estimate of drug-likeness (QED) is 0.611. The average Bonchev–Trinajstić information content (AvgIpc) is 2.47. The lowest BCUT2D eigenvalue weighted by atomic mass is 10.0. The van der Waals surface area contributed by atoms with Gasteiger partial charge in [-0.3, -0.25) is 0 Å². The highest BCUT2D eigenvalue weighted by atomic mass is 16.5. The SMILES string of the molecule is CC(C)c1cccc(OCCCOc2cccc(N)c2)c1. The van der Waals surface area contributed by atoms with Crippen molar-refractivity contribution in [1.29, 1.82) is 0 Å². The molecular formula is C18H23NO2. The number of hydrogen-bond acceptors (Lipinski definition) is 3. The van der Waals surface area contributed by atoms with E-state index in [0.29, 0.717) is 24.8 Å². The number of nitrogen functional groups attached to an aromatic ring is 1. The van der Waals surface area contributed by atoms with E-state index in [1.54, 1.807) is 0 Å². The van der Waals surface area contributed by atoms with Crippen molar-refractivity contribution in [2.75, 3.05) is 18.9 Å². The monoisotopic (exact) mass is 285 g/mol. The Bertz CT molecular complexity index is 567. The van der Waals surface area contributed by atoms with Crippen molar-refractivity contribution in [1.82, 2.24) is 0 Å². The molecule has 3 nitrogen and oxygen atoms in total. The van der Waals surface area contributed by atoms with Gasteiger partial charge in [-0.1, -0.05) is 32.0 Å². The lowest BCUT2D eigenvalue weighted by Gasteiger charge is -2.10. The fourth-order valence-corrected chi connectivity index (χ4v) is 2.01. The molecule has 0 saturated carbocycles.